The molecule has 0 radical (unpaired) electrons. The molecule has 2 unspecified atom stereocenters. The van der Waals surface area contributed by atoms with Gasteiger partial charge in [0.15, 0.2) is 5.54 Å². The fourth-order valence-electron chi connectivity index (χ4n) is 4.73. The van der Waals surface area contributed by atoms with Crippen LogP contribution in [0.25, 0.3) is 10.9 Å². The molecule has 1 fully saturated rings. The summed E-state index contributed by atoms with van der Waals surface area (Å²) in [5.41, 5.74) is 1.68. The van der Waals surface area contributed by atoms with E-state index in [0.717, 1.165) is 28.6 Å². The summed E-state index contributed by atoms with van der Waals surface area (Å²) in [5, 5.41) is 3.94. The lowest BCUT2D eigenvalue weighted by Gasteiger charge is -2.36. The molecule has 0 saturated carbocycles. The van der Waals surface area contributed by atoms with Crippen LogP contribution in [0.1, 0.15) is 45.4 Å². The van der Waals surface area contributed by atoms with Gasteiger partial charge in [0.2, 0.25) is 5.91 Å². The summed E-state index contributed by atoms with van der Waals surface area (Å²) in [4.78, 5) is 46.1. The number of carbonyl (C=O) groups is 3. The predicted molar refractivity (Wildman–Crippen MR) is 110 cm³/mol. The zero-order valence-corrected chi connectivity index (χ0v) is 17.4. The Kier molecular flexibility index (Phi) is 4.63. The van der Waals surface area contributed by atoms with Gasteiger partial charge >= 0.3 is 6.03 Å². The summed E-state index contributed by atoms with van der Waals surface area (Å²) in [6, 6.07) is 6.74. The predicted octanol–water partition coefficient (Wildman–Crippen LogP) is 2.75. The van der Waals surface area contributed by atoms with E-state index >= 15 is 0 Å². The van der Waals surface area contributed by atoms with Gasteiger partial charge in [0, 0.05) is 24.0 Å². The molecule has 0 spiro atoms. The van der Waals surface area contributed by atoms with Crippen molar-refractivity contribution in [2.24, 2.45) is 5.92 Å². The highest BCUT2D eigenvalue weighted by atomic mass is 16.2. The number of rotatable bonds is 5. The minimum absolute atomic E-state index is 0.188. The Morgan fingerprint density at radius 1 is 1.28 bits per heavy atom. The summed E-state index contributed by atoms with van der Waals surface area (Å²) in [6.45, 7) is 8.46. The van der Waals surface area contributed by atoms with Crippen LogP contribution < -0.4 is 5.32 Å². The molecule has 4 rings (SSSR count). The number of nitrogens with zero attached hydrogens (tertiary/aromatic N) is 2. The average molecular weight is 396 g/mol. The van der Waals surface area contributed by atoms with Crippen LogP contribution in [-0.2, 0) is 21.5 Å². The van der Waals surface area contributed by atoms with Crippen molar-refractivity contribution in [3.63, 3.8) is 0 Å². The Labute approximate surface area is 170 Å². The molecule has 0 bridgehead atoms. The number of hydrogen-bond donors (Lipinski definition) is 2. The third-order valence-corrected chi connectivity index (χ3v) is 6.23. The van der Waals surface area contributed by atoms with E-state index in [1.807, 2.05) is 45.0 Å². The zero-order chi connectivity index (χ0) is 20.9. The molecule has 3 heterocycles. The van der Waals surface area contributed by atoms with E-state index in [1.54, 1.807) is 11.8 Å². The summed E-state index contributed by atoms with van der Waals surface area (Å²) in [7, 11) is 0. The second-order valence-corrected chi connectivity index (χ2v) is 8.44. The van der Waals surface area contributed by atoms with E-state index in [-0.39, 0.29) is 23.8 Å². The minimum Gasteiger partial charge on any atom is -0.356 e. The number of urea groups is 1. The van der Waals surface area contributed by atoms with Crippen molar-refractivity contribution in [1.29, 1.82) is 0 Å². The number of aromatic amines is 1. The lowest BCUT2D eigenvalue weighted by molar-refractivity contribution is -0.140. The molecule has 2 N–H and O–H groups in total. The Morgan fingerprint density at radius 2 is 2.00 bits per heavy atom. The largest absolute Gasteiger partial charge is 0.356 e. The van der Waals surface area contributed by atoms with Gasteiger partial charge in [0.25, 0.3) is 5.91 Å². The van der Waals surface area contributed by atoms with E-state index in [1.165, 1.54) is 4.90 Å². The summed E-state index contributed by atoms with van der Waals surface area (Å²) in [5.74, 6) is -0.795. The lowest BCUT2D eigenvalue weighted by Crippen LogP contribution is -2.53. The molecule has 1 aromatic heterocycles. The van der Waals surface area contributed by atoms with Gasteiger partial charge in [0.05, 0.1) is 5.69 Å². The van der Waals surface area contributed by atoms with Crippen molar-refractivity contribution in [3.05, 3.63) is 35.5 Å². The zero-order valence-electron chi connectivity index (χ0n) is 17.4. The third-order valence-electron chi connectivity index (χ3n) is 6.23. The number of nitrogens with one attached hydrogen (secondary N) is 2. The van der Waals surface area contributed by atoms with Gasteiger partial charge in [-0.05, 0) is 37.3 Å². The smallest absolute Gasteiger partial charge is 0.328 e. The van der Waals surface area contributed by atoms with E-state index in [0.29, 0.717) is 19.5 Å². The van der Waals surface area contributed by atoms with Crippen molar-refractivity contribution in [3.8, 4) is 0 Å². The van der Waals surface area contributed by atoms with Gasteiger partial charge in [-0.25, -0.2) is 9.69 Å². The van der Waals surface area contributed by atoms with Crippen molar-refractivity contribution in [2.75, 3.05) is 13.1 Å². The maximum Gasteiger partial charge on any atom is 0.328 e. The van der Waals surface area contributed by atoms with E-state index in [9.17, 15) is 14.4 Å². The molecule has 4 amide bonds. The van der Waals surface area contributed by atoms with E-state index in [2.05, 4.69) is 10.3 Å². The highest BCUT2D eigenvalue weighted by Crippen LogP contribution is 2.45. The molecule has 2 aliphatic heterocycles. The molecule has 154 valence electrons. The second kappa shape index (κ2) is 6.90. The first-order chi connectivity index (χ1) is 13.8. The Hall–Kier alpha value is -2.83. The molecule has 29 heavy (non-hydrogen) atoms. The Bertz CT molecular complexity index is 995. The number of hydrogen-bond acceptors (Lipinski definition) is 3. The maximum atomic E-state index is 13.7. The number of benzene rings is 1. The molecule has 7 nitrogen and oxygen atoms in total. The number of fused-ring (bicyclic) bond motifs is 5. The van der Waals surface area contributed by atoms with Gasteiger partial charge in [-0.15, -0.1) is 0 Å². The van der Waals surface area contributed by atoms with Gasteiger partial charge in [0.1, 0.15) is 6.04 Å². The highest BCUT2D eigenvalue weighted by molar-refractivity contribution is 6.11. The Morgan fingerprint density at radius 3 is 2.69 bits per heavy atom. The monoisotopic (exact) mass is 396 g/mol. The number of para-hydroxylation sites is 1. The van der Waals surface area contributed by atoms with Crippen LogP contribution in [0.5, 0.6) is 0 Å². The number of aromatic nitrogens is 1. The number of imide groups is 1. The quantitative estimate of drug-likeness (QED) is 0.762. The van der Waals surface area contributed by atoms with Crippen molar-refractivity contribution in [1.82, 2.24) is 20.1 Å². The normalized spacial score (nSPS) is 22.2. The fraction of sp³-hybridized carbons (Fsp3) is 0.500. The molecule has 2 aromatic rings. The molecular weight excluding hydrogens is 368 g/mol. The molecule has 0 aliphatic carbocycles. The second-order valence-electron chi connectivity index (χ2n) is 8.44. The van der Waals surface area contributed by atoms with Crippen LogP contribution >= 0.6 is 0 Å². The van der Waals surface area contributed by atoms with E-state index in [4.69, 9.17) is 0 Å². The maximum absolute atomic E-state index is 13.7. The fourth-order valence-corrected chi connectivity index (χ4v) is 4.73. The van der Waals surface area contributed by atoms with Crippen molar-refractivity contribution in [2.45, 2.75) is 52.1 Å². The van der Waals surface area contributed by atoms with Gasteiger partial charge in [-0.1, -0.05) is 39.0 Å². The molecule has 1 saturated heterocycles. The molecular formula is C22H28N4O3. The van der Waals surface area contributed by atoms with Crippen molar-refractivity contribution >= 4 is 28.7 Å². The summed E-state index contributed by atoms with van der Waals surface area (Å²) >= 11 is 0. The van der Waals surface area contributed by atoms with Crippen LogP contribution in [0.2, 0.25) is 0 Å². The standard InChI is InChI=1S/C22H28N4O3/c1-5-11-23-19(27)17(13(2)3)26-20(28)22(4)18-15(10-12-25(22)21(26)29)14-8-6-7-9-16(14)24-18/h6-9,13,17,24H,5,10-12H2,1-4H3,(H,23,27). The average Bonchev–Trinajstić information content (AvgIpc) is 3.16. The summed E-state index contributed by atoms with van der Waals surface area (Å²) < 4.78 is 0. The molecule has 2 atom stereocenters. The summed E-state index contributed by atoms with van der Waals surface area (Å²) in [6.07, 6.45) is 1.47. The first kappa shape index (κ1) is 19.5. The topological polar surface area (TPSA) is 85.5 Å². The first-order valence-electron chi connectivity index (χ1n) is 10.3. The number of H-pyrrole nitrogens is 1. The van der Waals surface area contributed by atoms with Gasteiger partial charge in [-0.3, -0.25) is 9.59 Å². The Balaban J connectivity index is 1.79. The number of carbonyl (C=O) groups excluding carboxylic acids is 3. The van der Waals surface area contributed by atoms with Crippen LogP contribution in [0.3, 0.4) is 0 Å². The number of amides is 4. The third kappa shape index (κ3) is 2.67. The molecule has 7 heteroatoms. The first-order valence-corrected chi connectivity index (χ1v) is 10.3. The highest BCUT2D eigenvalue weighted by Gasteiger charge is 2.61. The molecule has 1 aromatic carbocycles. The lowest BCUT2D eigenvalue weighted by atomic mass is 9.86. The van der Waals surface area contributed by atoms with Crippen molar-refractivity contribution < 1.29 is 14.4 Å². The van der Waals surface area contributed by atoms with Crippen LogP contribution in [0.15, 0.2) is 24.3 Å². The van der Waals surface area contributed by atoms with Gasteiger partial charge < -0.3 is 15.2 Å². The molecule has 2 aliphatic rings. The van der Waals surface area contributed by atoms with Crippen LogP contribution in [-0.4, -0.2) is 51.8 Å². The van der Waals surface area contributed by atoms with Gasteiger partial charge in [-0.2, -0.15) is 0 Å². The van der Waals surface area contributed by atoms with E-state index < -0.39 is 11.6 Å². The van der Waals surface area contributed by atoms with Crippen LogP contribution in [0, 0.1) is 5.92 Å². The SMILES string of the molecule is CCCNC(=O)C(C(C)C)N1C(=O)N2CCc3c([nH]c4ccccc34)C2(C)C1=O. The minimum atomic E-state index is -1.12. The van der Waals surface area contributed by atoms with Crippen LogP contribution in [0.4, 0.5) is 4.79 Å².